The average molecular weight is 327 g/mol. The maximum Gasteiger partial charge on any atom is 0.155 e. The van der Waals surface area contributed by atoms with Crippen molar-refractivity contribution in [3.8, 4) is 0 Å². The van der Waals surface area contributed by atoms with E-state index in [1.54, 1.807) is 0 Å². The molecule has 0 amide bonds. The first-order valence-corrected chi connectivity index (χ1v) is 8.53. The number of nitrogens with one attached hydrogen (secondary N) is 1. The molecule has 0 aliphatic carbocycles. The number of benzene rings is 3. The molecule has 2 heteroatoms. The van der Waals surface area contributed by atoms with Gasteiger partial charge in [-0.25, -0.2) is 0 Å². The largest absolute Gasteiger partial charge is 0.375 e. The summed E-state index contributed by atoms with van der Waals surface area (Å²) in [4.78, 5) is 3.44. The number of aromatic amines is 1. The second-order valence-corrected chi connectivity index (χ2v) is 6.61. The van der Waals surface area contributed by atoms with Crippen molar-refractivity contribution >= 4 is 10.9 Å². The van der Waals surface area contributed by atoms with Gasteiger partial charge in [-0.15, -0.1) is 0 Å². The Hall–Kier alpha value is -2.84. The van der Waals surface area contributed by atoms with Crippen LogP contribution in [0.4, 0.5) is 0 Å². The zero-order chi connectivity index (χ0) is 17.4. The molecule has 25 heavy (non-hydrogen) atoms. The van der Waals surface area contributed by atoms with Gasteiger partial charge in [0.1, 0.15) is 0 Å². The van der Waals surface area contributed by atoms with Crippen molar-refractivity contribution in [1.29, 1.82) is 0 Å². The van der Waals surface area contributed by atoms with Crippen LogP contribution >= 0.6 is 0 Å². The van der Waals surface area contributed by atoms with Gasteiger partial charge in [0.25, 0.3) is 0 Å². The lowest BCUT2D eigenvalue weighted by Gasteiger charge is -2.31. The molecular weight excluding hydrogens is 306 g/mol. The summed E-state index contributed by atoms with van der Waals surface area (Å²) in [5, 5.41) is 13.2. The molecule has 2 nitrogen and oxygen atoms in total. The van der Waals surface area contributed by atoms with Crippen molar-refractivity contribution in [2.75, 3.05) is 0 Å². The molecule has 4 aromatic rings. The molecule has 0 aliphatic heterocycles. The van der Waals surface area contributed by atoms with Crippen LogP contribution in [0.3, 0.4) is 0 Å². The van der Waals surface area contributed by atoms with E-state index in [-0.39, 0.29) is 0 Å². The highest BCUT2D eigenvalue weighted by molar-refractivity contribution is 5.81. The summed E-state index contributed by atoms with van der Waals surface area (Å²) in [6.07, 6.45) is 0. The molecule has 0 saturated heterocycles. The summed E-state index contributed by atoms with van der Waals surface area (Å²) in [6, 6.07) is 26.2. The normalized spacial score (nSPS) is 11.8. The van der Waals surface area contributed by atoms with E-state index < -0.39 is 5.60 Å². The van der Waals surface area contributed by atoms with Crippen LogP contribution in [-0.4, -0.2) is 10.1 Å². The second-order valence-electron chi connectivity index (χ2n) is 6.61. The summed E-state index contributed by atoms with van der Waals surface area (Å²) in [5.41, 5.74) is 4.51. The molecule has 0 unspecified atom stereocenters. The Labute approximate surface area is 147 Å². The molecule has 0 spiro atoms. The van der Waals surface area contributed by atoms with E-state index in [1.807, 2.05) is 86.6 Å². The number of aliphatic hydroxyl groups is 1. The maximum absolute atomic E-state index is 12.1. The zero-order valence-electron chi connectivity index (χ0n) is 14.5. The smallest absolute Gasteiger partial charge is 0.155 e. The summed E-state index contributed by atoms with van der Waals surface area (Å²) in [7, 11) is 0. The van der Waals surface area contributed by atoms with Crippen molar-refractivity contribution in [3.05, 3.63) is 107 Å². The Morgan fingerprint density at radius 2 is 1.24 bits per heavy atom. The molecule has 0 bridgehead atoms. The van der Waals surface area contributed by atoms with Crippen molar-refractivity contribution in [3.63, 3.8) is 0 Å². The SMILES string of the molecule is Cc1ccccc1C(O)(c1cc2ccccc2[nH]1)c1ccccc1C. The van der Waals surface area contributed by atoms with Crippen LogP contribution in [0.1, 0.15) is 27.9 Å². The van der Waals surface area contributed by atoms with Crippen LogP contribution in [0.5, 0.6) is 0 Å². The lowest BCUT2D eigenvalue weighted by Crippen LogP contribution is -2.31. The van der Waals surface area contributed by atoms with Crippen molar-refractivity contribution in [1.82, 2.24) is 4.98 Å². The van der Waals surface area contributed by atoms with Gasteiger partial charge in [0.2, 0.25) is 0 Å². The molecule has 2 N–H and O–H groups in total. The lowest BCUT2D eigenvalue weighted by molar-refractivity contribution is 0.120. The predicted molar refractivity (Wildman–Crippen MR) is 103 cm³/mol. The Kier molecular flexibility index (Phi) is 3.70. The number of aromatic nitrogens is 1. The Bertz CT molecular complexity index is 966. The first-order chi connectivity index (χ1) is 12.1. The molecule has 1 heterocycles. The van der Waals surface area contributed by atoms with Gasteiger partial charge in [-0.05, 0) is 53.6 Å². The minimum absolute atomic E-state index is 0.789. The fraction of sp³-hybridized carbons (Fsp3) is 0.130. The maximum atomic E-state index is 12.1. The highest BCUT2D eigenvalue weighted by Gasteiger charge is 2.37. The Morgan fingerprint density at radius 1 is 0.720 bits per heavy atom. The van der Waals surface area contributed by atoms with Gasteiger partial charge in [0, 0.05) is 5.52 Å². The molecule has 4 rings (SSSR count). The first kappa shape index (κ1) is 15.7. The highest BCUT2D eigenvalue weighted by Crippen LogP contribution is 2.40. The van der Waals surface area contributed by atoms with E-state index in [2.05, 4.69) is 11.1 Å². The highest BCUT2D eigenvalue weighted by atomic mass is 16.3. The summed E-state index contributed by atoms with van der Waals surface area (Å²) < 4.78 is 0. The second kappa shape index (κ2) is 5.91. The van der Waals surface area contributed by atoms with Gasteiger partial charge in [0.15, 0.2) is 5.60 Å². The van der Waals surface area contributed by atoms with E-state index in [0.29, 0.717) is 0 Å². The molecule has 3 aromatic carbocycles. The summed E-state index contributed by atoms with van der Waals surface area (Å²) in [6.45, 7) is 4.09. The first-order valence-electron chi connectivity index (χ1n) is 8.53. The number of rotatable bonds is 3. The van der Waals surface area contributed by atoms with E-state index in [0.717, 1.165) is 38.9 Å². The predicted octanol–water partition coefficient (Wildman–Crippen LogP) is 5.07. The minimum atomic E-state index is -1.23. The Morgan fingerprint density at radius 3 is 1.80 bits per heavy atom. The number of para-hydroxylation sites is 1. The van der Waals surface area contributed by atoms with Gasteiger partial charge in [-0.2, -0.15) is 0 Å². The number of H-pyrrole nitrogens is 1. The Balaban J connectivity index is 2.05. The monoisotopic (exact) mass is 327 g/mol. The van der Waals surface area contributed by atoms with Crippen molar-refractivity contribution < 1.29 is 5.11 Å². The van der Waals surface area contributed by atoms with Crippen molar-refractivity contribution in [2.24, 2.45) is 0 Å². The standard InChI is InChI=1S/C23H21NO/c1-16-9-3-6-12-19(16)23(25,20-13-7-4-10-17(20)2)22-15-18-11-5-8-14-21(18)24-22/h3-15,24-25H,1-2H3. The molecular formula is C23H21NO. The van der Waals surface area contributed by atoms with Crippen molar-refractivity contribution in [2.45, 2.75) is 19.4 Å². The van der Waals surface area contributed by atoms with Crippen LogP contribution < -0.4 is 0 Å². The molecule has 0 saturated carbocycles. The quantitative estimate of drug-likeness (QED) is 0.541. The lowest BCUT2D eigenvalue weighted by atomic mass is 9.79. The summed E-state index contributed by atoms with van der Waals surface area (Å²) >= 11 is 0. The molecule has 0 atom stereocenters. The van der Waals surface area contributed by atoms with Gasteiger partial charge in [-0.1, -0.05) is 66.7 Å². The van der Waals surface area contributed by atoms with E-state index in [4.69, 9.17) is 0 Å². The third kappa shape index (κ3) is 2.46. The van der Waals surface area contributed by atoms with E-state index >= 15 is 0 Å². The minimum Gasteiger partial charge on any atom is -0.375 e. The molecule has 0 aliphatic rings. The van der Waals surface area contributed by atoms with Gasteiger partial charge in [-0.3, -0.25) is 0 Å². The van der Waals surface area contributed by atoms with E-state index in [1.165, 1.54) is 0 Å². The summed E-state index contributed by atoms with van der Waals surface area (Å²) in [5.74, 6) is 0. The number of hydrogen-bond acceptors (Lipinski definition) is 1. The van der Waals surface area contributed by atoms with Gasteiger partial charge < -0.3 is 10.1 Å². The zero-order valence-corrected chi connectivity index (χ0v) is 14.5. The third-order valence-electron chi connectivity index (χ3n) is 4.99. The number of fused-ring (bicyclic) bond motifs is 1. The van der Waals surface area contributed by atoms with Crippen LogP contribution in [-0.2, 0) is 5.60 Å². The number of aryl methyl sites for hydroxylation is 2. The van der Waals surface area contributed by atoms with Crippen LogP contribution in [0.15, 0.2) is 78.9 Å². The van der Waals surface area contributed by atoms with Gasteiger partial charge in [0.05, 0.1) is 5.69 Å². The fourth-order valence-corrected chi connectivity index (χ4v) is 3.66. The van der Waals surface area contributed by atoms with Gasteiger partial charge >= 0.3 is 0 Å². The number of hydrogen-bond donors (Lipinski definition) is 2. The molecule has 0 radical (unpaired) electrons. The third-order valence-corrected chi connectivity index (χ3v) is 4.99. The van der Waals surface area contributed by atoms with Crippen LogP contribution in [0.2, 0.25) is 0 Å². The topological polar surface area (TPSA) is 36.0 Å². The van der Waals surface area contributed by atoms with E-state index in [9.17, 15) is 5.11 Å². The molecule has 0 fully saturated rings. The van der Waals surface area contributed by atoms with Crippen LogP contribution in [0.25, 0.3) is 10.9 Å². The molecule has 124 valence electrons. The molecule has 1 aromatic heterocycles. The fourth-order valence-electron chi connectivity index (χ4n) is 3.66. The average Bonchev–Trinajstić information content (AvgIpc) is 3.06. The van der Waals surface area contributed by atoms with Crippen LogP contribution in [0, 0.1) is 13.8 Å².